The second-order valence-corrected chi connectivity index (χ2v) is 6.87. The van der Waals surface area contributed by atoms with Crippen molar-refractivity contribution in [3.63, 3.8) is 0 Å². The van der Waals surface area contributed by atoms with Gasteiger partial charge in [-0.3, -0.25) is 4.84 Å². The first-order valence-corrected chi connectivity index (χ1v) is 8.69. The molecule has 1 saturated heterocycles. The maximum Gasteiger partial charge on any atom is 0.158 e. The number of rotatable bonds is 6. The van der Waals surface area contributed by atoms with Crippen LogP contribution in [-0.2, 0) is 10.4 Å². The third-order valence-electron chi connectivity index (χ3n) is 5.08. The Hall–Kier alpha value is -1.64. The molecular weight excluding hydrogens is 282 g/mol. The zero-order valence-electron chi connectivity index (χ0n) is 14.6. The van der Waals surface area contributed by atoms with E-state index >= 15 is 0 Å². The fraction of sp³-hybridized carbons (Fsp3) is 0.429. The Morgan fingerprint density at radius 3 is 1.74 bits per heavy atom. The van der Waals surface area contributed by atoms with Gasteiger partial charge in [0.15, 0.2) is 6.23 Å². The molecule has 1 aliphatic heterocycles. The maximum atomic E-state index is 6.11. The molecule has 1 aliphatic rings. The summed E-state index contributed by atoms with van der Waals surface area (Å²) in [5.41, 5.74) is 2.39. The van der Waals surface area contributed by atoms with Crippen LogP contribution in [0.5, 0.6) is 0 Å². The number of hydroxylamine groups is 2. The van der Waals surface area contributed by atoms with Crippen LogP contribution in [-0.4, -0.2) is 11.3 Å². The van der Waals surface area contributed by atoms with Crippen LogP contribution in [0, 0.1) is 11.8 Å². The van der Waals surface area contributed by atoms with Crippen molar-refractivity contribution in [1.29, 1.82) is 0 Å². The molecule has 0 amide bonds. The summed E-state index contributed by atoms with van der Waals surface area (Å²) in [4.78, 5) is 6.11. The van der Waals surface area contributed by atoms with Gasteiger partial charge in [-0.2, -0.15) is 0 Å². The predicted molar refractivity (Wildman–Crippen MR) is 94.7 cm³/mol. The first-order valence-electron chi connectivity index (χ1n) is 8.69. The molecule has 2 heteroatoms. The second kappa shape index (κ2) is 6.46. The van der Waals surface area contributed by atoms with Crippen molar-refractivity contribution in [2.75, 3.05) is 0 Å². The minimum atomic E-state index is -0.230. The highest BCUT2D eigenvalue weighted by Crippen LogP contribution is 2.51. The fourth-order valence-corrected chi connectivity index (χ4v) is 3.65. The number of nitrogens with zero attached hydrogens (tertiary/aromatic N) is 1. The van der Waals surface area contributed by atoms with Gasteiger partial charge in [0.05, 0.1) is 0 Å². The van der Waals surface area contributed by atoms with Crippen molar-refractivity contribution >= 4 is 0 Å². The molecule has 0 aliphatic carbocycles. The van der Waals surface area contributed by atoms with E-state index in [0.717, 1.165) is 6.42 Å². The van der Waals surface area contributed by atoms with E-state index in [4.69, 9.17) is 4.84 Å². The summed E-state index contributed by atoms with van der Waals surface area (Å²) >= 11 is 0. The topological polar surface area (TPSA) is 15.5 Å². The van der Waals surface area contributed by atoms with Gasteiger partial charge in [-0.15, -0.1) is 5.06 Å². The molecule has 1 heterocycles. The standard InChI is InChI=1S/C21H27NO/c1-5-17(4)21(18-12-8-6-9-13-18,19-14-10-7-11-15-19)22-20(23-22)16(2)3/h6-17,20H,5H2,1-4H3/t17?,20-,22?/m0/s1. The van der Waals surface area contributed by atoms with Crippen LogP contribution < -0.4 is 0 Å². The lowest BCUT2D eigenvalue weighted by Gasteiger charge is -2.40. The Kier molecular flexibility index (Phi) is 4.56. The molecule has 2 aromatic rings. The summed E-state index contributed by atoms with van der Waals surface area (Å²) in [6, 6.07) is 21.6. The van der Waals surface area contributed by atoms with Crippen LogP contribution in [0.2, 0.25) is 0 Å². The summed E-state index contributed by atoms with van der Waals surface area (Å²) in [6.07, 6.45) is 1.28. The molecule has 1 fully saturated rings. The van der Waals surface area contributed by atoms with Gasteiger partial charge in [-0.25, -0.2) is 0 Å². The van der Waals surface area contributed by atoms with E-state index in [9.17, 15) is 0 Å². The van der Waals surface area contributed by atoms with Crippen LogP contribution >= 0.6 is 0 Å². The normalized spacial score (nSPS) is 22.1. The van der Waals surface area contributed by atoms with E-state index in [-0.39, 0.29) is 11.8 Å². The van der Waals surface area contributed by atoms with Crippen molar-refractivity contribution < 1.29 is 4.84 Å². The summed E-state index contributed by atoms with van der Waals surface area (Å²) in [7, 11) is 0. The van der Waals surface area contributed by atoms with Crippen molar-refractivity contribution in [1.82, 2.24) is 5.06 Å². The van der Waals surface area contributed by atoms with Crippen molar-refractivity contribution in [2.45, 2.75) is 45.9 Å². The lowest BCUT2D eigenvalue weighted by molar-refractivity contribution is 0.0456. The van der Waals surface area contributed by atoms with Gasteiger partial charge in [0.25, 0.3) is 0 Å². The highest BCUT2D eigenvalue weighted by Gasteiger charge is 2.57. The molecule has 2 unspecified atom stereocenters. The minimum absolute atomic E-state index is 0.185. The van der Waals surface area contributed by atoms with Crippen LogP contribution in [0.3, 0.4) is 0 Å². The number of benzene rings is 2. The van der Waals surface area contributed by atoms with Gasteiger partial charge >= 0.3 is 0 Å². The van der Waals surface area contributed by atoms with E-state index in [1.165, 1.54) is 11.1 Å². The van der Waals surface area contributed by atoms with Crippen molar-refractivity contribution in [2.24, 2.45) is 11.8 Å². The van der Waals surface area contributed by atoms with Crippen LogP contribution in [0.4, 0.5) is 0 Å². The predicted octanol–water partition coefficient (Wildman–Crippen LogP) is 5.21. The lowest BCUT2D eigenvalue weighted by Crippen LogP contribution is -2.43. The molecule has 3 atom stereocenters. The molecule has 0 saturated carbocycles. The lowest BCUT2D eigenvalue weighted by atomic mass is 9.72. The molecule has 0 spiro atoms. The van der Waals surface area contributed by atoms with E-state index in [1.807, 2.05) is 0 Å². The molecule has 0 radical (unpaired) electrons. The summed E-state index contributed by atoms with van der Waals surface area (Å²) in [5.74, 6) is 0.918. The fourth-order valence-electron chi connectivity index (χ4n) is 3.65. The molecular formula is C21H27NO. The van der Waals surface area contributed by atoms with Crippen LogP contribution in [0.1, 0.15) is 45.2 Å². The first kappa shape index (κ1) is 16.2. The van der Waals surface area contributed by atoms with Gasteiger partial charge in [0, 0.05) is 0 Å². The van der Waals surface area contributed by atoms with E-state index < -0.39 is 0 Å². The maximum absolute atomic E-state index is 6.11. The number of hydrogen-bond donors (Lipinski definition) is 0. The van der Waals surface area contributed by atoms with Gasteiger partial charge in [-0.1, -0.05) is 94.8 Å². The Bertz CT molecular complexity index is 583. The van der Waals surface area contributed by atoms with Crippen LogP contribution in [0.15, 0.2) is 60.7 Å². The van der Waals surface area contributed by atoms with Gasteiger partial charge in [0.2, 0.25) is 0 Å². The summed E-state index contributed by atoms with van der Waals surface area (Å²) in [6.45, 7) is 9.04. The molecule has 122 valence electrons. The van der Waals surface area contributed by atoms with Gasteiger partial charge < -0.3 is 0 Å². The monoisotopic (exact) mass is 309 g/mol. The molecule has 0 N–H and O–H groups in total. The largest absolute Gasteiger partial charge is 0.274 e. The average Bonchev–Trinajstić information content (AvgIpc) is 3.38. The molecule has 3 rings (SSSR count). The smallest absolute Gasteiger partial charge is 0.158 e. The zero-order valence-corrected chi connectivity index (χ0v) is 14.6. The highest BCUT2D eigenvalue weighted by atomic mass is 16.8. The van der Waals surface area contributed by atoms with E-state index in [0.29, 0.717) is 11.8 Å². The molecule has 2 nitrogen and oxygen atoms in total. The minimum Gasteiger partial charge on any atom is -0.274 e. The average molecular weight is 309 g/mol. The Balaban J connectivity index is 2.19. The second-order valence-electron chi connectivity index (χ2n) is 6.87. The Morgan fingerprint density at radius 1 is 0.913 bits per heavy atom. The molecule has 0 aromatic heterocycles. The summed E-state index contributed by atoms with van der Waals surface area (Å²) < 4.78 is 0. The quantitative estimate of drug-likeness (QED) is 0.681. The van der Waals surface area contributed by atoms with Gasteiger partial charge in [0.1, 0.15) is 5.54 Å². The molecule has 23 heavy (non-hydrogen) atoms. The SMILES string of the molecule is CCC(C)C(c1ccccc1)(c1ccccc1)N1O[C@H]1C(C)C. The third kappa shape index (κ3) is 2.71. The van der Waals surface area contributed by atoms with E-state index in [2.05, 4.69) is 93.4 Å². The Labute approximate surface area is 140 Å². The van der Waals surface area contributed by atoms with E-state index in [1.54, 1.807) is 0 Å². The van der Waals surface area contributed by atoms with Gasteiger partial charge in [-0.05, 0) is 23.0 Å². The zero-order chi connectivity index (χ0) is 16.4. The van der Waals surface area contributed by atoms with Crippen molar-refractivity contribution in [3.05, 3.63) is 71.8 Å². The van der Waals surface area contributed by atoms with Crippen molar-refractivity contribution in [3.8, 4) is 0 Å². The molecule has 2 aromatic carbocycles. The first-order chi connectivity index (χ1) is 11.1. The van der Waals surface area contributed by atoms with Crippen LogP contribution in [0.25, 0.3) is 0 Å². The third-order valence-corrected chi connectivity index (χ3v) is 5.08. The Morgan fingerprint density at radius 2 is 1.39 bits per heavy atom. The number of hydrogen-bond acceptors (Lipinski definition) is 2. The highest BCUT2D eigenvalue weighted by molar-refractivity contribution is 5.40. The summed E-state index contributed by atoms with van der Waals surface area (Å²) in [5, 5.41) is 2.23. The molecule has 0 bridgehead atoms.